The van der Waals surface area contributed by atoms with E-state index >= 15 is 0 Å². The molecule has 1 aliphatic carbocycles. The fourth-order valence-electron chi connectivity index (χ4n) is 2.43. The number of likely N-dealkylation sites (N-methyl/N-ethyl adjacent to an activating group) is 1. The van der Waals surface area contributed by atoms with Gasteiger partial charge in [-0.15, -0.1) is 0 Å². The summed E-state index contributed by atoms with van der Waals surface area (Å²) >= 11 is 0. The zero-order valence-corrected chi connectivity index (χ0v) is 7.53. The third-order valence-corrected chi connectivity index (χ3v) is 2.93. The zero-order chi connectivity index (χ0) is 8.72. The summed E-state index contributed by atoms with van der Waals surface area (Å²) in [5.74, 6) is 0.592. The van der Waals surface area contributed by atoms with Gasteiger partial charge in [0.15, 0.2) is 0 Å². The van der Waals surface area contributed by atoms with E-state index in [1.807, 2.05) is 0 Å². The Balaban J connectivity index is 2.20. The van der Waals surface area contributed by atoms with Crippen molar-refractivity contribution in [2.75, 3.05) is 20.7 Å². The fourth-order valence-corrected chi connectivity index (χ4v) is 2.43. The molecule has 4 nitrogen and oxygen atoms in total. The Labute approximate surface area is 72.3 Å². The van der Waals surface area contributed by atoms with Gasteiger partial charge in [-0.2, -0.15) is 0 Å². The predicted octanol–water partition coefficient (Wildman–Crippen LogP) is -0.350. The molecule has 0 aromatic rings. The molecular formula is C8H15N3O. The van der Waals surface area contributed by atoms with Gasteiger partial charge in [-0.25, -0.2) is 0 Å². The van der Waals surface area contributed by atoms with Crippen LogP contribution in [-0.4, -0.2) is 43.4 Å². The van der Waals surface area contributed by atoms with Crippen LogP contribution in [-0.2, 0) is 4.84 Å². The number of piperidine rings is 1. The van der Waals surface area contributed by atoms with Gasteiger partial charge in [-0.1, -0.05) is 5.16 Å². The summed E-state index contributed by atoms with van der Waals surface area (Å²) < 4.78 is 0. The van der Waals surface area contributed by atoms with Gasteiger partial charge in [-0.05, 0) is 19.4 Å². The zero-order valence-electron chi connectivity index (χ0n) is 7.53. The normalized spacial score (nSPS) is 44.2. The third-order valence-electron chi connectivity index (χ3n) is 2.93. The van der Waals surface area contributed by atoms with E-state index in [2.05, 4.69) is 17.1 Å². The van der Waals surface area contributed by atoms with E-state index in [-0.39, 0.29) is 6.04 Å². The van der Waals surface area contributed by atoms with E-state index < -0.39 is 0 Å². The van der Waals surface area contributed by atoms with Crippen molar-refractivity contribution in [2.45, 2.75) is 18.5 Å². The molecular weight excluding hydrogens is 154 g/mol. The molecule has 2 rings (SSSR count). The van der Waals surface area contributed by atoms with E-state index in [0.29, 0.717) is 12.0 Å². The molecule has 4 heteroatoms. The monoisotopic (exact) mass is 169 g/mol. The maximum Gasteiger partial charge on any atom is 0.106 e. The van der Waals surface area contributed by atoms with Crippen molar-refractivity contribution in [1.29, 1.82) is 0 Å². The molecule has 1 saturated carbocycles. The van der Waals surface area contributed by atoms with E-state index in [1.54, 1.807) is 7.11 Å². The van der Waals surface area contributed by atoms with Crippen molar-refractivity contribution in [2.24, 2.45) is 16.8 Å². The number of nitrogens with zero attached hydrogens (tertiary/aromatic N) is 2. The minimum Gasteiger partial charge on any atom is -0.399 e. The molecule has 68 valence electrons. The number of oxime groups is 1. The first-order valence-corrected chi connectivity index (χ1v) is 4.29. The second-order valence-corrected chi connectivity index (χ2v) is 3.69. The fraction of sp³-hybridized carbons (Fsp3) is 0.875. The largest absolute Gasteiger partial charge is 0.399 e. The van der Waals surface area contributed by atoms with Crippen LogP contribution >= 0.6 is 0 Å². The van der Waals surface area contributed by atoms with Crippen molar-refractivity contribution in [3.63, 3.8) is 0 Å². The molecule has 1 saturated heterocycles. The first-order chi connectivity index (χ1) is 5.74. The molecule has 1 heterocycles. The Morgan fingerprint density at radius 1 is 1.67 bits per heavy atom. The van der Waals surface area contributed by atoms with Gasteiger partial charge >= 0.3 is 0 Å². The Kier molecular flexibility index (Phi) is 1.81. The molecule has 2 N–H and O–H groups in total. The lowest BCUT2D eigenvalue weighted by atomic mass is 10.1. The highest BCUT2D eigenvalue weighted by Crippen LogP contribution is 2.33. The average molecular weight is 169 g/mol. The van der Waals surface area contributed by atoms with Crippen molar-refractivity contribution in [1.82, 2.24) is 4.90 Å². The smallest absolute Gasteiger partial charge is 0.106 e. The Bertz CT molecular complexity index is 216. The van der Waals surface area contributed by atoms with E-state index in [0.717, 1.165) is 18.7 Å². The topological polar surface area (TPSA) is 50.8 Å². The standard InChI is InChI=1S/C8H15N3O/c1-11-4-5-3-6(10-12-2)8(11)7(5)9/h5,7-8H,3-4,9H2,1-2H3/b10-6+/t5-,7-,8-/m1/s1. The van der Waals surface area contributed by atoms with Crippen molar-refractivity contribution in [3.8, 4) is 0 Å². The lowest BCUT2D eigenvalue weighted by Crippen LogP contribution is -2.40. The van der Waals surface area contributed by atoms with Gasteiger partial charge in [0.1, 0.15) is 7.11 Å². The SMILES string of the molecule is CO/N=C1\C[C@@H]2CN(C)[C@H]1[C@@H]2N. The average Bonchev–Trinajstić information content (AvgIpc) is 2.42. The molecule has 12 heavy (non-hydrogen) atoms. The summed E-state index contributed by atoms with van der Waals surface area (Å²) in [5.41, 5.74) is 7.13. The minimum absolute atomic E-state index is 0.267. The highest BCUT2D eigenvalue weighted by molar-refractivity contribution is 5.93. The number of fused-ring (bicyclic) bond motifs is 2. The van der Waals surface area contributed by atoms with E-state index in [1.165, 1.54) is 0 Å². The first-order valence-electron chi connectivity index (χ1n) is 4.29. The summed E-state index contributed by atoms with van der Waals surface area (Å²) in [6.45, 7) is 1.11. The van der Waals surface area contributed by atoms with Gasteiger partial charge in [0.25, 0.3) is 0 Å². The maximum atomic E-state index is 6.02. The van der Waals surface area contributed by atoms with Crippen LogP contribution in [0.25, 0.3) is 0 Å². The van der Waals surface area contributed by atoms with Crippen LogP contribution in [0.5, 0.6) is 0 Å². The lowest BCUT2D eigenvalue weighted by molar-refractivity contribution is 0.206. The predicted molar refractivity (Wildman–Crippen MR) is 46.9 cm³/mol. The highest BCUT2D eigenvalue weighted by Gasteiger charge is 2.47. The Morgan fingerprint density at radius 2 is 2.42 bits per heavy atom. The molecule has 2 bridgehead atoms. The van der Waals surface area contributed by atoms with Gasteiger partial charge in [0.05, 0.1) is 11.8 Å². The molecule has 1 aliphatic heterocycles. The van der Waals surface area contributed by atoms with Crippen LogP contribution < -0.4 is 5.73 Å². The molecule has 0 radical (unpaired) electrons. The van der Waals surface area contributed by atoms with Crippen LogP contribution in [0.15, 0.2) is 5.16 Å². The summed E-state index contributed by atoms with van der Waals surface area (Å²) in [7, 11) is 3.68. The van der Waals surface area contributed by atoms with E-state index in [9.17, 15) is 0 Å². The third kappa shape index (κ3) is 0.949. The van der Waals surface area contributed by atoms with Crippen LogP contribution in [0.1, 0.15) is 6.42 Å². The van der Waals surface area contributed by atoms with Gasteiger partial charge < -0.3 is 10.6 Å². The Morgan fingerprint density at radius 3 is 2.92 bits per heavy atom. The first kappa shape index (κ1) is 8.01. The molecule has 0 unspecified atom stereocenters. The highest BCUT2D eigenvalue weighted by atomic mass is 16.6. The molecule has 3 atom stereocenters. The Hall–Kier alpha value is -0.610. The number of hydrogen-bond donors (Lipinski definition) is 1. The van der Waals surface area contributed by atoms with Crippen LogP contribution in [0.3, 0.4) is 0 Å². The number of rotatable bonds is 1. The molecule has 0 spiro atoms. The van der Waals surface area contributed by atoms with Crippen molar-refractivity contribution < 1.29 is 4.84 Å². The molecule has 2 aliphatic rings. The van der Waals surface area contributed by atoms with Gasteiger partial charge in [-0.3, -0.25) is 4.90 Å². The van der Waals surface area contributed by atoms with Gasteiger partial charge in [0, 0.05) is 12.6 Å². The van der Waals surface area contributed by atoms with Crippen LogP contribution in [0, 0.1) is 5.92 Å². The lowest BCUT2D eigenvalue weighted by Gasteiger charge is -2.22. The number of hydrogen-bond acceptors (Lipinski definition) is 4. The van der Waals surface area contributed by atoms with E-state index in [4.69, 9.17) is 10.6 Å². The van der Waals surface area contributed by atoms with Crippen LogP contribution in [0.2, 0.25) is 0 Å². The summed E-state index contributed by atoms with van der Waals surface area (Å²) in [6, 6.07) is 0.596. The quantitative estimate of drug-likeness (QED) is 0.546. The minimum atomic E-state index is 0.267. The van der Waals surface area contributed by atoms with Crippen LogP contribution in [0.4, 0.5) is 0 Å². The van der Waals surface area contributed by atoms with Crippen molar-refractivity contribution >= 4 is 5.71 Å². The number of nitrogens with two attached hydrogens (primary N) is 1. The summed E-state index contributed by atoms with van der Waals surface area (Å²) in [5, 5.41) is 4.00. The summed E-state index contributed by atoms with van der Waals surface area (Å²) in [4.78, 5) is 7.04. The molecule has 0 amide bonds. The molecule has 2 fully saturated rings. The molecule has 0 aromatic heterocycles. The summed E-state index contributed by atoms with van der Waals surface area (Å²) in [6.07, 6.45) is 1.02. The van der Waals surface area contributed by atoms with Crippen molar-refractivity contribution in [3.05, 3.63) is 0 Å². The maximum absolute atomic E-state index is 6.02. The second-order valence-electron chi connectivity index (χ2n) is 3.69. The second kappa shape index (κ2) is 2.71. The number of likely N-dealkylation sites (tertiary alicyclic amines) is 1. The molecule has 0 aromatic carbocycles. The van der Waals surface area contributed by atoms with Gasteiger partial charge in [0.2, 0.25) is 0 Å².